The Morgan fingerprint density at radius 3 is 2.61 bits per heavy atom. The molecule has 0 saturated carbocycles. The zero-order valence-electron chi connectivity index (χ0n) is 16.1. The summed E-state index contributed by atoms with van der Waals surface area (Å²) >= 11 is 0. The third-order valence-corrected chi connectivity index (χ3v) is 4.91. The van der Waals surface area contributed by atoms with E-state index in [0.717, 1.165) is 42.2 Å². The lowest BCUT2D eigenvalue weighted by molar-refractivity contribution is -0.142. The second kappa shape index (κ2) is 8.46. The van der Waals surface area contributed by atoms with E-state index >= 15 is 0 Å². The van der Waals surface area contributed by atoms with E-state index in [4.69, 9.17) is 9.15 Å². The van der Waals surface area contributed by atoms with Crippen LogP contribution in [-0.2, 0) is 22.4 Å². The summed E-state index contributed by atoms with van der Waals surface area (Å²) in [5.41, 5.74) is 1.93. The number of aryl methyl sites for hydroxylation is 1. The lowest BCUT2D eigenvalue weighted by Gasteiger charge is -2.17. The molecule has 7 nitrogen and oxygen atoms in total. The fraction of sp³-hybridized carbons (Fsp3) is 0.476. The van der Waals surface area contributed by atoms with E-state index in [9.17, 15) is 19.5 Å². The molecule has 2 aromatic rings. The Morgan fingerprint density at radius 2 is 1.93 bits per heavy atom. The summed E-state index contributed by atoms with van der Waals surface area (Å²) in [6.07, 6.45) is 3.98. The number of carboxylic acids is 1. The van der Waals surface area contributed by atoms with Gasteiger partial charge in [0.2, 0.25) is 0 Å². The number of amides is 1. The molecule has 0 fully saturated rings. The first-order chi connectivity index (χ1) is 13.3. The van der Waals surface area contributed by atoms with Crippen molar-refractivity contribution in [1.29, 1.82) is 0 Å². The van der Waals surface area contributed by atoms with Crippen LogP contribution in [0.4, 0.5) is 0 Å². The van der Waals surface area contributed by atoms with Crippen LogP contribution in [0.1, 0.15) is 44.2 Å². The zero-order chi connectivity index (χ0) is 20.3. The predicted octanol–water partition coefficient (Wildman–Crippen LogP) is 2.67. The number of aliphatic carboxylic acids is 1. The normalized spacial score (nSPS) is 14.5. The van der Waals surface area contributed by atoms with Crippen LogP contribution in [0.25, 0.3) is 11.0 Å². The molecule has 1 aromatic heterocycles. The van der Waals surface area contributed by atoms with Crippen LogP contribution < -0.4 is 15.7 Å². The molecular weight excluding hydrogens is 362 g/mol. The number of benzene rings is 1. The highest BCUT2D eigenvalue weighted by atomic mass is 16.5. The number of hydrogen-bond acceptors (Lipinski definition) is 5. The van der Waals surface area contributed by atoms with Gasteiger partial charge >= 0.3 is 11.6 Å². The quantitative estimate of drug-likeness (QED) is 0.708. The number of rotatable bonds is 7. The highest BCUT2D eigenvalue weighted by molar-refractivity contribution is 5.85. The molecule has 1 aliphatic carbocycles. The zero-order valence-corrected chi connectivity index (χ0v) is 16.1. The van der Waals surface area contributed by atoms with Gasteiger partial charge in [-0.1, -0.05) is 13.8 Å². The molecule has 0 spiro atoms. The standard InChI is InChI=1S/C21H25NO6/c1-12(2)9-17(20(24)25)22-19(23)11-27-13-7-8-15-14-5-3-4-6-16(14)21(26)28-18(15)10-13/h7-8,10,12,17H,3-6,9,11H2,1-2H3,(H,22,23)(H,24,25)/t17-/m1/s1. The van der Waals surface area contributed by atoms with Crippen molar-refractivity contribution >= 4 is 22.8 Å². The van der Waals surface area contributed by atoms with Crippen molar-refractivity contribution in [2.75, 3.05) is 6.61 Å². The summed E-state index contributed by atoms with van der Waals surface area (Å²) in [5.74, 6) is -1.06. The first-order valence-corrected chi connectivity index (χ1v) is 9.58. The van der Waals surface area contributed by atoms with Gasteiger partial charge in [-0.3, -0.25) is 4.79 Å². The van der Waals surface area contributed by atoms with Crippen molar-refractivity contribution in [3.8, 4) is 5.75 Å². The molecule has 1 aromatic carbocycles. The third-order valence-electron chi connectivity index (χ3n) is 4.91. The largest absolute Gasteiger partial charge is 0.484 e. The van der Waals surface area contributed by atoms with E-state index < -0.39 is 17.9 Å². The second-order valence-corrected chi connectivity index (χ2v) is 7.59. The van der Waals surface area contributed by atoms with Crippen LogP contribution in [0.5, 0.6) is 5.75 Å². The Hall–Kier alpha value is -2.83. The molecule has 0 radical (unpaired) electrons. The number of carbonyl (C=O) groups excluding carboxylic acids is 1. The minimum Gasteiger partial charge on any atom is -0.484 e. The molecule has 7 heteroatoms. The second-order valence-electron chi connectivity index (χ2n) is 7.59. The summed E-state index contributed by atoms with van der Waals surface area (Å²) in [5, 5.41) is 12.6. The van der Waals surface area contributed by atoms with Crippen molar-refractivity contribution in [3.05, 3.63) is 39.7 Å². The Morgan fingerprint density at radius 1 is 1.21 bits per heavy atom. The minimum atomic E-state index is -1.07. The molecule has 1 aliphatic rings. The van der Waals surface area contributed by atoms with Gasteiger partial charge in [-0.15, -0.1) is 0 Å². The fourth-order valence-corrected chi connectivity index (χ4v) is 3.59. The molecule has 0 saturated heterocycles. The number of fused-ring (bicyclic) bond motifs is 3. The Bertz CT molecular complexity index is 946. The SMILES string of the molecule is CC(C)C[C@@H](NC(=O)COc1ccc2c3c(c(=O)oc2c1)CCCC3)C(=O)O. The maximum Gasteiger partial charge on any atom is 0.339 e. The molecule has 28 heavy (non-hydrogen) atoms. The highest BCUT2D eigenvalue weighted by Crippen LogP contribution is 2.29. The minimum absolute atomic E-state index is 0.136. The van der Waals surface area contributed by atoms with Gasteiger partial charge in [0, 0.05) is 17.0 Å². The van der Waals surface area contributed by atoms with Crippen molar-refractivity contribution < 1.29 is 23.8 Å². The molecule has 1 atom stereocenters. The van der Waals surface area contributed by atoms with Gasteiger partial charge < -0.3 is 19.6 Å². The number of ether oxygens (including phenoxy) is 1. The molecule has 0 unspecified atom stereocenters. The maximum absolute atomic E-state index is 12.2. The summed E-state index contributed by atoms with van der Waals surface area (Å²) in [6.45, 7) is 3.46. The van der Waals surface area contributed by atoms with Crippen LogP contribution in [-0.4, -0.2) is 29.6 Å². The highest BCUT2D eigenvalue weighted by Gasteiger charge is 2.21. The smallest absolute Gasteiger partial charge is 0.339 e. The van der Waals surface area contributed by atoms with E-state index in [1.54, 1.807) is 12.1 Å². The lowest BCUT2D eigenvalue weighted by Crippen LogP contribution is -2.43. The van der Waals surface area contributed by atoms with Crippen molar-refractivity contribution in [2.24, 2.45) is 5.92 Å². The number of carbonyl (C=O) groups is 2. The number of hydrogen-bond donors (Lipinski definition) is 2. The van der Waals surface area contributed by atoms with E-state index in [2.05, 4.69) is 5.32 Å². The Labute approximate surface area is 162 Å². The van der Waals surface area contributed by atoms with E-state index in [1.807, 2.05) is 19.9 Å². The van der Waals surface area contributed by atoms with Crippen LogP contribution in [0.3, 0.4) is 0 Å². The van der Waals surface area contributed by atoms with Crippen LogP contribution in [0, 0.1) is 5.92 Å². The molecule has 2 N–H and O–H groups in total. The van der Waals surface area contributed by atoms with Crippen LogP contribution in [0.2, 0.25) is 0 Å². The van der Waals surface area contributed by atoms with E-state index in [0.29, 0.717) is 17.8 Å². The summed E-state index contributed by atoms with van der Waals surface area (Å²) in [4.78, 5) is 35.5. The van der Waals surface area contributed by atoms with Gasteiger partial charge in [-0.05, 0) is 55.7 Å². The number of carboxylic acid groups (broad SMARTS) is 1. The Kier molecular flexibility index (Phi) is 6.02. The van der Waals surface area contributed by atoms with Gasteiger partial charge in [0.1, 0.15) is 17.4 Å². The third kappa shape index (κ3) is 4.52. The molecule has 1 heterocycles. The van der Waals surface area contributed by atoms with Gasteiger partial charge in [-0.2, -0.15) is 0 Å². The monoisotopic (exact) mass is 387 g/mol. The van der Waals surface area contributed by atoms with Gasteiger partial charge in [-0.25, -0.2) is 9.59 Å². The molecule has 3 rings (SSSR count). The first-order valence-electron chi connectivity index (χ1n) is 9.58. The summed E-state index contributed by atoms with van der Waals surface area (Å²) in [7, 11) is 0. The summed E-state index contributed by atoms with van der Waals surface area (Å²) < 4.78 is 10.9. The predicted molar refractivity (Wildman–Crippen MR) is 104 cm³/mol. The van der Waals surface area contributed by atoms with Crippen molar-refractivity contribution in [1.82, 2.24) is 5.32 Å². The fourth-order valence-electron chi connectivity index (χ4n) is 3.59. The van der Waals surface area contributed by atoms with Crippen molar-refractivity contribution in [2.45, 2.75) is 52.0 Å². The summed E-state index contributed by atoms with van der Waals surface area (Å²) in [6, 6.07) is 4.22. The molecular formula is C21H25NO6. The van der Waals surface area contributed by atoms with Crippen LogP contribution >= 0.6 is 0 Å². The van der Waals surface area contributed by atoms with Crippen molar-refractivity contribution in [3.63, 3.8) is 0 Å². The number of nitrogens with one attached hydrogen (secondary N) is 1. The topological polar surface area (TPSA) is 106 Å². The molecule has 150 valence electrons. The van der Waals surface area contributed by atoms with Gasteiger partial charge in [0.25, 0.3) is 5.91 Å². The maximum atomic E-state index is 12.2. The Balaban J connectivity index is 1.70. The molecule has 0 bridgehead atoms. The lowest BCUT2D eigenvalue weighted by atomic mass is 9.91. The first kappa shape index (κ1) is 19.9. The van der Waals surface area contributed by atoms with E-state index in [1.165, 1.54) is 0 Å². The molecule has 1 amide bonds. The van der Waals surface area contributed by atoms with Crippen LogP contribution in [0.15, 0.2) is 27.4 Å². The average molecular weight is 387 g/mol. The average Bonchev–Trinajstić information content (AvgIpc) is 2.65. The van der Waals surface area contributed by atoms with Gasteiger partial charge in [0.05, 0.1) is 0 Å². The molecule has 0 aliphatic heterocycles. The van der Waals surface area contributed by atoms with E-state index in [-0.39, 0.29) is 18.2 Å². The van der Waals surface area contributed by atoms with Gasteiger partial charge in [0.15, 0.2) is 6.61 Å².